The number of nitro groups is 1. The number of aromatic nitrogens is 1. The predicted octanol–water partition coefficient (Wildman–Crippen LogP) is 2.35. The molecule has 2 N–H and O–H groups in total. The van der Waals surface area contributed by atoms with E-state index in [0.717, 1.165) is 5.69 Å². The molecule has 20 heavy (non-hydrogen) atoms. The molecule has 7 heteroatoms. The number of nitrogen functional groups attached to an aromatic ring is 1. The predicted molar refractivity (Wildman–Crippen MR) is 76.4 cm³/mol. The summed E-state index contributed by atoms with van der Waals surface area (Å²) in [6.45, 7) is 0. The number of hydrogen-bond acceptors (Lipinski definition) is 6. The van der Waals surface area contributed by atoms with E-state index in [-0.39, 0.29) is 11.5 Å². The summed E-state index contributed by atoms with van der Waals surface area (Å²) in [7, 11) is 3.38. The van der Waals surface area contributed by atoms with Crippen LogP contribution in [0.2, 0.25) is 0 Å². The number of benzene rings is 1. The van der Waals surface area contributed by atoms with Crippen molar-refractivity contribution in [2.75, 3.05) is 24.8 Å². The van der Waals surface area contributed by atoms with Crippen LogP contribution >= 0.6 is 0 Å². The Morgan fingerprint density at radius 2 is 2.10 bits per heavy atom. The highest BCUT2D eigenvalue weighted by atomic mass is 16.6. The zero-order valence-corrected chi connectivity index (χ0v) is 11.1. The van der Waals surface area contributed by atoms with Crippen molar-refractivity contribution in [3.05, 3.63) is 46.5 Å². The number of nitrogens with two attached hydrogens (primary N) is 1. The van der Waals surface area contributed by atoms with Crippen molar-refractivity contribution in [1.29, 1.82) is 0 Å². The molecular formula is C13H14N4O3. The molecule has 0 unspecified atom stereocenters. The fourth-order valence-corrected chi connectivity index (χ4v) is 1.75. The van der Waals surface area contributed by atoms with Crippen LogP contribution in [0.5, 0.6) is 5.75 Å². The molecular weight excluding hydrogens is 260 g/mol. The second-order valence-corrected chi connectivity index (χ2v) is 4.09. The van der Waals surface area contributed by atoms with Crippen molar-refractivity contribution in [3.8, 4) is 5.75 Å². The molecule has 1 aromatic heterocycles. The highest BCUT2D eigenvalue weighted by molar-refractivity contribution is 5.65. The van der Waals surface area contributed by atoms with Crippen LogP contribution in [0.1, 0.15) is 0 Å². The highest BCUT2D eigenvalue weighted by Crippen LogP contribution is 2.28. The van der Waals surface area contributed by atoms with E-state index >= 15 is 0 Å². The number of methoxy groups -OCH3 is 1. The van der Waals surface area contributed by atoms with E-state index in [1.807, 2.05) is 24.3 Å². The minimum Gasteiger partial charge on any atom is -0.497 e. The Balaban J connectivity index is 2.35. The van der Waals surface area contributed by atoms with Crippen molar-refractivity contribution < 1.29 is 9.66 Å². The van der Waals surface area contributed by atoms with E-state index in [2.05, 4.69) is 4.98 Å². The number of ether oxygens (including phenoxy) is 1. The molecule has 0 fully saturated rings. The summed E-state index contributed by atoms with van der Waals surface area (Å²) in [6, 6.07) is 10.3. The van der Waals surface area contributed by atoms with Gasteiger partial charge in [-0.15, -0.1) is 0 Å². The SMILES string of the molecule is COc1cccc(N(C)c2ccc([N+](=O)[O-])c(N)n2)c1. The summed E-state index contributed by atoms with van der Waals surface area (Å²) < 4.78 is 5.15. The van der Waals surface area contributed by atoms with Crippen molar-refractivity contribution >= 4 is 23.0 Å². The Hall–Kier alpha value is -2.83. The van der Waals surface area contributed by atoms with Crippen LogP contribution in [0.25, 0.3) is 0 Å². The van der Waals surface area contributed by atoms with Gasteiger partial charge in [0, 0.05) is 24.9 Å². The third-order valence-electron chi connectivity index (χ3n) is 2.87. The maximum absolute atomic E-state index is 10.7. The number of anilines is 3. The van der Waals surface area contributed by atoms with Crippen molar-refractivity contribution in [2.45, 2.75) is 0 Å². The van der Waals surface area contributed by atoms with Crippen LogP contribution in [-0.4, -0.2) is 24.1 Å². The van der Waals surface area contributed by atoms with Gasteiger partial charge in [0.1, 0.15) is 11.6 Å². The van der Waals surface area contributed by atoms with Crippen LogP contribution in [0.4, 0.5) is 23.0 Å². The average Bonchev–Trinajstić information content (AvgIpc) is 2.46. The standard InChI is InChI=1S/C13H14N4O3/c1-16(9-4-3-5-10(8-9)20-2)12-7-6-11(17(18)19)13(14)15-12/h3-8H,1-2H3,(H2,14,15). The van der Waals surface area contributed by atoms with Gasteiger partial charge in [0.05, 0.1) is 12.0 Å². The zero-order chi connectivity index (χ0) is 14.7. The van der Waals surface area contributed by atoms with Crippen LogP contribution in [0.15, 0.2) is 36.4 Å². The molecule has 1 aromatic carbocycles. The van der Waals surface area contributed by atoms with Gasteiger partial charge in [0.25, 0.3) is 0 Å². The summed E-state index contributed by atoms with van der Waals surface area (Å²) in [5, 5.41) is 10.7. The Kier molecular flexibility index (Phi) is 3.69. The first-order valence-electron chi connectivity index (χ1n) is 5.81. The van der Waals surface area contributed by atoms with Crippen molar-refractivity contribution in [3.63, 3.8) is 0 Å². The third kappa shape index (κ3) is 2.61. The number of rotatable bonds is 4. The zero-order valence-electron chi connectivity index (χ0n) is 11.1. The Labute approximate surface area is 115 Å². The third-order valence-corrected chi connectivity index (χ3v) is 2.87. The highest BCUT2D eigenvalue weighted by Gasteiger charge is 2.15. The molecule has 1 heterocycles. The maximum Gasteiger partial charge on any atom is 0.311 e. The quantitative estimate of drug-likeness (QED) is 0.679. The maximum atomic E-state index is 10.7. The van der Waals surface area contributed by atoms with Gasteiger partial charge in [-0.1, -0.05) is 6.07 Å². The molecule has 0 aliphatic heterocycles. The molecule has 0 amide bonds. The van der Waals surface area contributed by atoms with E-state index in [4.69, 9.17) is 10.5 Å². The summed E-state index contributed by atoms with van der Waals surface area (Å²) in [4.78, 5) is 16.0. The monoisotopic (exact) mass is 274 g/mol. The van der Waals surface area contributed by atoms with Gasteiger partial charge >= 0.3 is 5.69 Å². The van der Waals surface area contributed by atoms with Crippen molar-refractivity contribution in [1.82, 2.24) is 4.98 Å². The fraction of sp³-hybridized carbons (Fsp3) is 0.154. The Morgan fingerprint density at radius 3 is 2.70 bits per heavy atom. The molecule has 0 spiro atoms. The van der Waals surface area contributed by atoms with E-state index in [9.17, 15) is 10.1 Å². The largest absolute Gasteiger partial charge is 0.497 e. The smallest absolute Gasteiger partial charge is 0.311 e. The Bertz CT molecular complexity index is 645. The van der Waals surface area contributed by atoms with E-state index in [1.54, 1.807) is 25.1 Å². The van der Waals surface area contributed by atoms with E-state index in [0.29, 0.717) is 11.6 Å². The molecule has 7 nitrogen and oxygen atoms in total. The minimum atomic E-state index is -0.558. The minimum absolute atomic E-state index is 0.109. The molecule has 2 aromatic rings. The van der Waals surface area contributed by atoms with Crippen LogP contribution < -0.4 is 15.4 Å². The number of nitrogens with zero attached hydrogens (tertiary/aromatic N) is 3. The van der Waals surface area contributed by atoms with Gasteiger partial charge in [-0.2, -0.15) is 0 Å². The summed E-state index contributed by atoms with van der Waals surface area (Å²) in [6.07, 6.45) is 0. The summed E-state index contributed by atoms with van der Waals surface area (Å²) >= 11 is 0. The second kappa shape index (κ2) is 5.43. The van der Waals surface area contributed by atoms with Gasteiger partial charge in [0.15, 0.2) is 0 Å². The molecule has 0 bridgehead atoms. The first kappa shape index (κ1) is 13.6. The summed E-state index contributed by atoms with van der Waals surface area (Å²) in [5.41, 5.74) is 6.23. The van der Waals surface area contributed by atoms with E-state index < -0.39 is 4.92 Å². The molecule has 0 radical (unpaired) electrons. The molecule has 104 valence electrons. The lowest BCUT2D eigenvalue weighted by Gasteiger charge is -2.19. The Morgan fingerprint density at radius 1 is 1.35 bits per heavy atom. The lowest BCUT2D eigenvalue weighted by atomic mass is 10.2. The second-order valence-electron chi connectivity index (χ2n) is 4.09. The van der Waals surface area contributed by atoms with Crippen LogP contribution in [0.3, 0.4) is 0 Å². The molecule has 0 atom stereocenters. The molecule has 2 rings (SSSR count). The first-order valence-corrected chi connectivity index (χ1v) is 5.81. The van der Waals surface area contributed by atoms with Gasteiger partial charge in [-0.3, -0.25) is 10.1 Å². The first-order chi connectivity index (χ1) is 9.52. The average molecular weight is 274 g/mol. The van der Waals surface area contributed by atoms with Gasteiger partial charge in [-0.25, -0.2) is 4.98 Å². The number of hydrogen-bond donors (Lipinski definition) is 1. The number of pyridine rings is 1. The molecule has 0 aliphatic rings. The summed E-state index contributed by atoms with van der Waals surface area (Å²) in [5.74, 6) is 1.12. The molecule has 0 saturated heterocycles. The van der Waals surface area contributed by atoms with Gasteiger partial charge < -0.3 is 15.4 Å². The van der Waals surface area contributed by atoms with Gasteiger partial charge in [-0.05, 0) is 18.2 Å². The fourth-order valence-electron chi connectivity index (χ4n) is 1.75. The lowest BCUT2D eigenvalue weighted by Crippen LogP contribution is -2.12. The molecule has 0 saturated carbocycles. The van der Waals surface area contributed by atoms with E-state index in [1.165, 1.54) is 6.07 Å². The lowest BCUT2D eigenvalue weighted by molar-refractivity contribution is -0.384. The van der Waals surface area contributed by atoms with Crippen molar-refractivity contribution in [2.24, 2.45) is 0 Å². The molecule has 0 aliphatic carbocycles. The van der Waals surface area contributed by atoms with Gasteiger partial charge in [0.2, 0.25) is 5.82 Å². The van der Waals surface area contributed by atoms with Crippen LogP contribution in [0, 0.1) is 10.1 Å². The topological polar surface area (TPSA) is 94.5 Å². The normalized spacial score (nSPS) is 10.1. The van der Waals surface area contributed by atoms with Crippen LogP contribution in [-0.2, 0) is 0 Å².